The Balaban J connectivity index is 0. The molecular formula is C19H41ClN2O6. The number of carbonyl (C=O) groups is 1. The molecule has 0 saturated heterocycles. The van der Waals surface area contributed by atoms with Crippen molar-refractivity contribution in [1.82, 2.24) is 11.5 Å². The van der Waals surface area contributed by atoms with Crippen LogP contribution in [0.15, 0.2) is 0 Å². The highest BCUT2D eigenvalue weighted by Gasteiger charge is 2.57. The van der Waals surface area contributed by atoms with Gasteiger partial charge in [0.15, 0.2) is 0 Å². The second-order valence-electron chi connectivity index (χ2n) is 7.72. The average Bonchev–Trinajstić information content (AvgIpc) is 2.50. The zero-order valence-corrected chi connectivity index (χ0v) is 18.8. The highest BCUT2D eigenvalue weighted by molar-refractivity contribution is 5.76. The van der Waals surface area contributed by atoms with Gasteiger partial charge in [-0.25, -0.2) is 0 Å². The van der Waals surface area contributed by atoms with Gasteiger partial charge < -0.3 is 16.6 Å². The lowest BCUT2D eigenvalue weighted by Crippen LogP contribution is -2.72. The van der Waals surface area contributed by atoms with Gasteiger partial charge in [0.1, 0.15) is 5.60 Å². The third kappa shape index (κ3) is 12.9. The van der Waals surface area contributed by atoms with Crippen LogP contribution in [0.3, 0.4) is 0 Å². The summed E-state index contributed by atoms with van der Waals surface area (Å²) < 4.78 is 37.9. The molecule has 0 aromatic heterocycles. The summed E-state index contributed by atoms with van der Waals surface area (Å²) in [7, 11) is -4.80. The van der Waals surface area contributed by atoms with Crippen LogP contribution < -0.4 is 25.4 Å². The molecule has 5 N–H and O–H groups in total. The van der Waals surface area contributed by atoms with Crippen LogP contribution >= 0.6 is 0 Å². The van der Waals surface area contributed by atoms with Crippen molar-refractivity contribution in [2.75, 3.05) is 0 Å². The van der Waals surface area contributed by atoms with Crippen molar-refractivity contribution in [3.8, 4) is 0 Å². The summed E-state index contributed by atoms with van der Waals surface area (Å²) in [6, 6.07) is 0. The van der Waals surface area contributed by atoms with Crippen LogP contribution in [0.2, 0.25) is 0 Å². The molecule has 0 aliphatic carbocycles. The SMILES string of the molecule is CCCCCCCCCCCC(=O)NC(CCC)(O[Cl+3]([O-])([O-])[O-])C(C)(C)O.N. The molecule has 0 aliphatic heterocycles. The number of carbonyl (C=O) groups excluding carboxylic acids is 1. The number of unbranched alkanes of at least 4 members (excludes halogenated alkanes) is 8. The number of amides is 1. The van der Waals surface area contributed by atoms with E-state index in [0.717, 1.165) is 19.3 Å². The van der Waals surface area contributed by atoms with Gasteiger partial charge in [-0.1, -0.05) is 71.6 Å². The lowest BCUT2D eigenvalue weighted by atomic mass is 9.90. The van der Waals surface area contributed by atoms with Gasteiger partial charge in [0.2, 0.25) is 5.91 Å². The Hall–Kier alpha value is -0.480. The molecule has 0 aromatic carbocycles. The molecule has 0 rings (SSSR count). The summed E-state index contributed by atoms with van der Waals surface area (Å²) in [5, 5.41) is 12.8. The summed E-state index contributed by atoms with van der Waals surface area (Å²) in [4.78, 5) is 12.3. The molecule has 0 heterocycles. The number of aliphatic hydroxyl groups is 1. The van der Waals surface area contributed by atoms with E-state index in [2.05, 4.69) is 16.5 Å². The van der Waals surface area contributed by atoms with E-state index in [1.165, 1.54) is 46.0 Å². The van der Waals surface area contributed by atoms with Crippen molar-refractivity contribution < 1.29 is 38.4 Å². The largest absolute Gasteiger partial charge is 0.385 e. The first-order valence-electron chi connectivity index (χ1n) is 10.1. The fourth-order valence-corrected chi connectivity index (χ4v) is 3.70. The van der Waals surface area contributed by atoms with Crippen LogP contribution in [-0.2, 0) is 9.08 Å². The van der Waals surface area contributed by atoms with Crippen molar-refractivity contribution in [2.45, 2.75) is 116 Å². The van der Waals surface area contributed by atoms with Crippen LogP contribution in [0, 0.1) is 10.2 Å². The quantitative estimate of drug-likeness (QED) is 0.247. The van der Waals surface area contributed by atoms with Crippen LogP contribution in [0.25, 0.3) is 0 Å². The van der Waals surface area contributed by atoms with Crippen LogP contribution in [0.5, 0.6) is 0 Å². The van der Waals surface area contributed by atoms with Gasteiger partial charge in [0.25, 0.3) is 0 Å². The summed E-state index contributed by atoms with van der Waals surface area (Å²) in [6.45, 7) is 6.55. The van der Waals surface area contributed by atoms with Crippen LogP contribution in [0.1, 0.15) is 105 Å². The Morgan fingerprint density at radius 3 is 1.79 bits per heavy atom. The standard InChI is InChI=1S/C19H38ClNO6.H3N/c1-5-7-8-9-10-11-12-13-14-15-17(22)21-19(16-6-2,18(3,4)23)27-20(24,25)26;/h23H,5-16H2,1-4H3,(H,21,22);1H3. The maximum atomic E-state index is 12.3. The highest BCUT2D eigenvalue weighted by atomic mass is 35.7. The van der Waals surface area contributed by atoms with Gasteiger partial charge >= 0.3 is 5.72 Å². The minimum absolute atomic E-state index is 0. The van der Waals surface area contributed by atoms with Gasteiger partial charge in [-0.15, -0.1) is 0 Å². The predicted octanol–water partition coefficient (Wildman–Crippen LogP) is 1.37. The molecule has 0 aliphatic rings. The van der Waals surface area contributed by atoms with Gasteiger partial charge in [0.05, 0.1) is 14.5 Å². The summed E-state index contributed by atoms with van der Waals surface area (Å²) in [5.41, 5.74) is -3.72. The van der Waals surface area contributed by atoms with E-state index >= 15 is 0 Å². The normalized spacial score (nSPS) is 14.3. The van der Waals surface area contributed by atoms with Crippen molar-refractivity contribution in [3.63, 3.8) is 0 Å². The van der Waals surface area contributed by atoms with Crippen molar-refractivity contribution in [3.05, 3.63) is 0 Å². The second-order valence-corrected chi connectivity index (χ2v) is 8.63. The molecule has 1 unspecified atom stereocenters. The van der Waals surface area contributed by atoms with E-state index in [1.54, 1.807) is 6.92 Å². The second kappa shape index (κ2) is 14.5. The van der Waals surface area contributed by atoms with Crippen molar-refractivity contribution in [1.29, 1.82) is 0 Å². The molecule has 170 valence electrons. The average molecular weight is 429 g/mol. The molecule has 1 amide bonds. The Morgan fingerprint density at radius 1 is 0.929 bits per heavy atom. The number of halogens is 1. The molecule has 1 atom stereocenters. The lowest BCUT2D eigenvalue weighted by Gasteiger charge is -2.38. The smallest absolute Gasteiger partial charge is 0.324 e. The minimum Gasteiger partial charge on any atom is -0.385 e. The van der Waals surface area contributed by atoms with E-state index in [9.17, 15) is 23.9 Å². The summed E-state index contributed by atoms with van der Waals surface area (Å²) in [5.74, 6) is -0.438. The molecule has 28 heavy (non-hydrogen) atoms. The fourth-order valence-electron chi connectivity index (χ4n) is 3.07. The van der Waals surface area contributed by atoms with Crippen molar-refractivity contribution in [2.24, 2.45) is 0 Å². The van der Waals surface area contributed by atoms with Crippen LogP contribution in [-0.4, -0.2) is 22.3 Å². The predicted molar refractivity (Wildman–Crippen MR) is 100 cm³/mol. The molecule has 0 spiro atoms. The molecule has 0 radical (unpaired) electrons. The summed E-state index contributed by atoms with van der Waals surface area (Å²) >= 11 is 0. The Morgan fingerprint density at radius 2 is 1.39 bits per heavy atom. The van der Waals surface area contributed by atoms with E-state index in [4.69, 9.17) is 0 Å². The summed E-state index contributed by atoms with van der Waals surface area (Å²) in [6.07, 6.45) is 10.6. The lowest BCUT2D eigenvalue weighted by molar-refractivity contribution is -1.92. The Kier molecular flexibility index (Phi) is 15.4. The monoisotopic (exact) mass is 428 g/mol. The maximum absolute atomic E-state index is 12.3. The van der Waals surface area contributed by atoms with E-state index in [-0.39, 0.29) is 19.0 Å². The number of nitrogens with one attached hydrogen (secondary N) is 1. The van der Waals surface area contributed by atoms with E-state index in [0.29, 0.717) is 12.8 Å². The topological polar surface area (TPSA) is 163 Å². The Labute approximate surface area is 172 Å². The van der Waals surface area contributed by atoms with Gasteiger partial charge in [-0.3, -0.25) is 4.79 Å². The molecule has 0 aromatic rings. The van der Waals surface area contributed by atoms with Gasteiger partial charge in [-0.05, 0) is 20.3 Å². The highest BCUT2D eigenvalue weighted by Crippen LogP contribution is 2.31. The fraction of sp³-hybridized carbons (Fsp3) is 0.947. The third-order valence-corrected chi connectivity index (χ3v) is 5.12. The zero-order valence-electron chi connectivity index (χ0n) is 18.1. The number of rotatable bonds is 16. The Bertz CT molecular complexity index is 412. The molecule has 0 fully saturated rings. The minimum atomic E-state index is -4.80. The molecular weight excluding hydrogens is 388 g/mol. The van der Waals surface area contributed by atoms with Gasteiger partial charge in [0, 0.05) is 12.8 Å². The molecule has 8 nitrogen and oxygen atoms in total. The first kappa shape index (κ1) is 29.7. The third-order valence-electron chi connectivity index (χ3n) is 4.67. The van der Waals surface area contributed by atoms with E-state index < -0.39 is 27.5 Å². The molecule has 0 saturated carbocycles. The van der Waals surface area contributed by atoms with E-state index in [1.807, 2.05) is 0 Å². The first-order valence-corrected chi connectivity index (χ1v) is 11.4. The van der Waals surface area contributed by atoms with Gasteiger partial charge in [-0.2, -0.15) is 14.0 Å². The van der Waals surface area contributed by atoms with Crippen LogP contribution in [0.4, 0.5) is 0 Å². The maximum Gasteiger partial charge on any atom is 0.324 e. The van der Waals surface area contributed by atoms with Crippen molar-refractivity contribution >= 4 is 5.91 Å². The number of hydrogen-bond donors (Lipinski definition) is 3. The molecule has 0 bridgehead atoms. The zero-order chi connectivity index (χ0) is 21.0. The first-order chi connectivity index (χ1) is 12.5. The molecule has 9 heteroatoms. The number of hydrogen-bond acceptors (Lipinski definition) is 7.